The second kappa shape index (κ2) is 5.33. The van der Waals surface area contributed by atoms with Gasteiger partial charge < -0.3 is 5.73 Å². The average molecular weight is 181 g/mol. The first-order chi connectivity index (χ1) is 3.79. The Hall–Kier alpha value is -0.470. The number of rotatable bonds is 0. The van der Waals surface area contributed by atoms with E-state index in [-0.39, 0.29) is 24.8 Å². The van der Waals surface area contributed by atoms with Gasteiger partial charge in [-0.2, -0.15) is 0 Å². The summed E-state index contributed by atoms with van der Waals surface area (Å²) in [6.45, 7) is 1.98. The molecule has 1 rings (SSSR count). The number of pyridine rings is 1. The van der Waals surface area contributed by atoms with Gasteiger partial charge in [0.2, 0.25) is 0 Å². The number of nitrogen functional groups attached to an aromatic ring is 1. The molecule has 58 valence electrons. The molecule has 2 N–H and O–H groups in total. The van der Waals surface area contributed by atoms with Crippen molar-refractivity contribution < 1.29 is 0 Å². The van der Waals surface area contributed by atoms with Crippen molar-refractivity contribution in [2.24, 2.45) is 0 Å². The summed E-state index contributed by atoms with van der Waals surface area (Å²) in [5, 5.41) is 0. The Kier molecular flexibility index (Phi) is 6.51. The van der Waals surface area contributed by atoms with Crippen LogP contribution in [0, 0.1) is 6.92 Å². The molecule has 1 heterocycles. The molecule has 0 unspecified atom stereocenters. The molecule has 0 atom stereocenters. The highest BCUT2D eigenvalue weighted by atomic mass is 35.5. The van der Waals surface area contributed by atoms with E-state index in [1.54, 1.807) is 6.20 Å². The molecule has 0 radical (unpaired) electrons. The van der Waals surface area contributed by atoms with E-state index in [0.717, 1.165) is 5.56 Å². The van der Waals surface area contributed by atoms with Gasteiger partial charge in [-0.3, -0.25) is 0 Å². The Labute approximate surface area is 72.7 Å². The van der Waals surface area contributed by atoms with Crippen LogP contribution in [0.5, 0.6) is 0 Å². The molecule has 0 amide bonds. The summed E-state index contributed by atoms with van der Waals surface area (Å²) < 4.78 is 0. The first-order valence-corrected chi connectivity index (χ1v) is 2.47. The minimum absolute atomic E-state index is 0. The van der Waals surface area contributed by atoms with Crippen LogP contribution in [0.15, 0.2) is 18.3 Å². The number of aromatic nitrogens is 1. The normalized spacial score (nSPS) is 7.30. The lowest BCUT2D eigenvalue weighted by atomic mass is 10.3. The van der Waals surface area contributed by atoms with E-state index in [0.29, 0.717) is 5.82 Å². The van der Waals surface area contributed by atoms with Crippen molar-refractivity contribution in [1.29, 1.82) is 0 Å². The SMILES string of the molecule is Cc1ccnc(N)c1.Cl.Cl. The van der Waals surface area contributed by atoms with Gasteiger partial charge in [0.15, 0.2) is 0 Å². The van der Waals surface area contributed by atoms with E-state index in [2.05, 4.69) is 4.98 Å². The van der Waals surface area contributed by atoms with Gasteiger partial charge in [-0.05, 0) is 24.6 Å². The lowest BCUT2D eigenvalue weighted by Gasteiger charge is -1.90. The highest BCUT2D eigenvalue weighted by Crippen LogP contribution is 1.98. The number of hydrogen-bond donors (Lipinski definition) is 1. The molecule has 0 spiro atoms. The molecular weight excluding hydrogens is 171 g/mol. The number of nitrogens with two attached hydrogens (primary N) is 1. The van der Waals surface area contributed by atoms with Crippen LogP contribution in [0.1, 0.15) is 5.56 Å². The topological polar surface area (TPSA) is 38.9 Å². The predicted molar refractivity (Wildman–Crippen MR) is 47.9 cm³/mol. The van der Waals surface area contributed by atoms with Gasteiger partial charge in [0, 0.05) is 6.20 Å². The van der Waals surface area contributed by atoms with E-state index in [1.165, 1.54) is 0 Å². The van der Waals surface area contributed by atoms with Crippen LogP contribution in [0.3, 0.4) is 0 Å². The zero-order chi connectivity index (χ0) is 5.98. The maximum atomic E-state index is 5.35. The van der Waals surface area contributed by atoms with Crippen LogP contribution in [-0.4, -0.2) is 4.98 Å². The Balaban J connectivity index is 0. The lowest BCUT2D eigenvalue weighted by molar-refractivity contribution is 1.30. The van der Waals surface area contributed by atoms with Crippen LogP contribution in [-0.2, 0) is 0 Å². The summed E-state index contributed by atoms with van der Waals surface area (Å²) in [6.07, 6.45) is 1.70. The molecule has 0 aliphatic heterocycles. The second-order valence-electron chi connectivity index (χ2n) is 1.76. The molecule has 1 aromatic heterocycles. The van der Waals surface area contributed by atoms with Gasteiger partial charge >= 0.3 is 0 Å². The van der Waals surface area contributed by atoms with E-state index in [1.807, 2.05) is 19.1 Å². The fraction of sp³-hybridized carbons (Fsp3) is 0.167. The fourth-order valence-electron chi connectivity index (χ4n) is 0.560. The van der Waals surface area contributed by atoms with Crippen molar-refractivity contribution in [3.05, 3.63) is 23.9 Å². The summed E-state index contributed by atoms with van der Waals surface area (Å²) in [5.41, 5.74) is 6.50. The van der Waals surface area contributed by atoms with E-state index in [4.69, 9.17) is 5.73 Å². The first kappa shape index (κ1) is 12.2. The average Bonchev–Trinajstić information content (AvgIpc) is 1.64. The molecule has 0 saturated carbocycles. The molecule has 10 heavy (non-hydrogen) atoms. The van der Waals surface area contributed by atoms with Gasteiger partial charge in [-0.1, -0.05) is 0 Å². The van der Waals surface area contributed by atoms with Crippen molar-refractivity contribution in [2.45, 2.75) is 6.92 Å². The van der Waals surface area contributed by atoms with Crippen LogP contribution >= 0.6 is 24.8 Å². The molecule has 0 aromatic carbocycles. The second-order valence-corrected chi connectivity index (χ2v) is 1.76. The minimum atomic E-state index is 0. The van der Waals surface area contributed by atoms with Crippen molar-refractivity contribution in [2.75, 3.05) is 5.73 Å². The monoisotopic (exact) mass is 180 g/mol. The van der Waals surface area contributed by atoms with Crippen LogP contribution in [0.2, 0.25) is 0 Å². The molecule has 0 bridgehead atoms. The number of anilines is 1. The highest BCUT2D eigenvalue weighted by molar-refractivity contribution is 5.85. The van der Waals surface area contributed by atoms with Gasteiger partial charge in [0.05, 0.1) is 0 Å². The Morgan fingerprint density at radius 1 is 1.40 bits per heavy atom. The summed E-state index contributed by atoms with van der Waals surface area (Å²) in [7, 11) is 0. The molecule has 0 fully saturated rings. The standard InChI is InChI=1S/C6H8N2.2ClH/c1-5-2-3-8-6(7)4-5;;/h2-4H,1H3,(H2,7,8);2*1H. The number of nitrogens with zero attached hydrogens (tertiary/aromatic N) is 1. The van der Waals surface area contributed by atoms with Crippen molar-refractivity contribution in [3.8, 4) is 0 Å². The fourth-order valence-corrected chi connectivity index (χ4v) is 0.560. The molecule has 0 aliphatic carbocycles. The van der Waals surface area contributed by atoms with Gasteiger partial charge in [0.25, 0.3) is 0 Å². The maximum absolute atomic E-state index is 5.35. The van der Waals surface area contributed by atoms with Gasteiger partial charge in [-0.25, -0.2) is 4.98 Å². The highest BCUT2D eigenvalue weighted by Gasteiger charge is 1.82. The Morgan fingerprint density at radius 3 is 2.30 bits per heavy atom. The molecule has 4 heteroatoms. The predicted octanol–water partition coefficient (Wildman–Crippen LogP) is 1.82. The van der Waals surface area contributed by atoms with Gasteiger partial charge in [0.1, 0.15) is 5.82 Å². The zero-order valence-electron chi connectivity index (χ0n) is 5.57. The lowest BCUT2D eigenvalue weighted by Crippen LogP contribution is -1.87. The molecule has 0 aliphatic rings. The molecule has 1 aromatic rings. The maximum Gasteiger partial charge on any atom is 0.123 e. The molecule has 2 nitrogen and oxygen atoms in total. The van der Waals surface area contributed by atoms with Crippen molar-refractivity contribution in [3.63, 3.8) is 0 Å². The number of aryl methyl sites for hydroxylation is 1. The quantitative estimate of drug-likeness (QED) is 0.662. The smallest absolute Gasteiger partial charge is 0.123 e. The van der Waals surface area contributed by atoms with Gasteiger partial charge in [-0.15, -0.1) is 24.8 Å². The Morgan fingerprint density at radius 2 is 2.00 bits per heavy atom. The molecule has 0 saturated heterocycles. The van der Waals surface area contributed by atoms with E-state index in [9.17, 15) is 0 Å². The third kappa shape index (κ3) is 3.54. The Bertz CT molecular complexity index is 174. The van der Waals surface area contributed by atoms with E-state index < -0.39 is 0 Å². The van der Waals surface area contributed by atoms with Crippen molar-refractivity contribution >= 4 is 30.6 Å². The first-order valence-electron chi connectivity index (χ1n) is 2.47. The summed E-state index contributed by atoms with van der Waals surface area (Å²) in [4.78, 5) is 3.82. The third-order valence-corrected chi connectivity index (χ3v) is 0.937. The summed E-state index contributed by atoms with van der Waals surface area (Å²) in [5.74, 6) is 0.588. The summed E-state index contributed by atoms with van der Waals surface area (Å²) in [6, 6.07) is 3.75. The zero-order valence-corrected chi connectivity index (χ0v) is 7.21. The van der Waals surface area contributed by atoms with E-state index >= 15 is 0 Å². The van der Waals surface area contributed by atoms with Crippen LogP contribution in [0.4, 0.5) is 5.82 Å². The number of hydrogen-bond acceptors (Lipinski definition) is 2. The number of halogens is 2. The summed E-state index contributed by atoms with van der Waals surface area (Å²) >= 11 is 0. The largest absolute Gasteiger partial charge is 0.384 e. The van der Waals surface area contributed by atoms with Crippen molar-refractivity contribution in [1.82, 2.24) is 4.98 Å². The minimum Gasteiger partial charge on any atom is -0.384 e. The van der Waals surface area contributed by atoms with Crippen LogP contribution < -0.4 is 5.73 Å². The van der Waals surface area contributed by atoms with Crippen LogP contribution in [0.25, 0.3) is 0 Å². The molecular formula is C6H10Cl2N2. The third-order valence-electron chi connectivity index (χ3n) is 0.937.